The molecule has 0 aliphatic carbocycles. The van der Waals surface area contributed by atoms with Gasteiger partial charge in [0.25, 0.3) is 11.7 Å². The van der Waals surface area contributed by atoms with Crippen LogP contribution in [-0.4, -0.2) is 37.9 Å². The highest BCUT2D eigenvalue weighted by Gasteiger charge is 2.62. The van der Waals surface area contributed by atoms with Gasteiger partial charge in [0.2, 0.25) is 0 Å². The van der Waals surface area contributed by atoms with Crippen molar-refractivity contribution in [1.82, 2.24) is 15.2 Å². The van der Waals surface area contributed by atoms with Gasteiger partial charge in [-0.3, -0.25) is 0 Å². The van der Waals surface area contributed by atoms with Crippen molar-refractivity contribution in [3.8, 4) is 11.3 Å². The van der Waals surface area contributed by atoms with Crippen molar-refractivity contribution in [2.45, 2.75) is 18.3 Å². The Kier molecular flexibility index (Phi) is 4.31. The maximum Gasteiger partial charge on any atom is 0.438 e. The van der Waals surface area contributed by atoms with Crippen LogP contribution < -0.4 is 5.01 Å². The number of hydrogen-bond acceptors (Lipinski definition) is 6. The second-order valence-electron chi connectivity index (χ2n) is 6.23. The predicted molar refractivity (Wildman–Crippen MR) is 96.3 cm³/mol. The normalized spacial score (nSPS) is 19.6. The van der Waals surface area contributed by atoms with E-state index in [1.807, 2.05) is 6.07 Å². The molecule has 0 saturated heterocycles. The molecule has 0 spiro atoms. The lowest BCUT2D eigenvalue weighted by Crippen LogP contribution is -2.55. The first-order valence-corrected chi connectivity index (χ1v) is 8.36. The maximum atomic E-state index is 13.7. The molecule has 0 unspecified atom stereocenters. The van der Waals surface area contributed by atoms with Gasteiger partial charge in [0.15, 0.2) is 0 Å². The highest BCUT2D eigenvalue weighted by atomic mass is 19.4. The largest absolute Gasteiger partial charge is 0.438 e. The van der Waals surface area contributed by atoms with Gasteiger partial charge >= 0.3 is 6.18 Å². The molecule has 2 aromatic carbocycles. The van der Waals surface area contributed by atoms with Crippen LogP contribution in [0, 0.1) is 0 Å². The van der Waals surface area contributed by atoms with E-state index >= 15 is 0 Å². The fourth-order valence-electron chi connectivity index (χ4n) is 2.88. The number of hydrazone groups is 1. The van der Waals surface area contributed by atoms with Gasteiger partial charge in [0.05, 0.1) is 18.3 Å². The average molecular weight is 385 g/mol. The third kappa shape index (κ3) is 3.09. The topological polar surface area (TPSA) is 74.5 Å². The molecule has 0 saturated carbocycles. The Labute approximate surface area is 158 Å². The molecule has 0 amide bonds. The zero-order chi connectivity index (χ0) is 19.8. The molecule has 0 radical (unpaired) electrons. The predicted octanol–water partition coefficient (Wildman–Crippen LogP) is 3.40. The fourth-order valence-corrected chi connectivity index (χ4v) is 2.88. The second kappa shape index (κ2) is 6.68. The average Bonchev–Trinajstić information content (AvgIpc) is 3.08. The van der Waals surface area contributed by atoms with Crippen LogP contribution in [0.4, 0.5) is 19.1 Å². The molecular weight excluding hydrogens is 371 g/mol. The van der Waals surface area contributed by atoms with E-state index in [0.717, 1.165) is 5.56 Å². The van der Waals surface area contributed by atoms with Gasteiger partial charge in [-0.2, -0.15) is 23.3 Å². The molecule has 1 aliphatic heterocycles. The summed E-state index contributed by atoms with van der Waals surface area (Å²) in [6.07, 6.45) is -4.43. The molecule has 0 bridgehead atoms. The molecule has 3 aromatic rings. The third-order valence-corrected chi connectivity index (χ3v) is 4.35. The molecule has 1 N–H and O–H groups in total. The van der Waals surface area contributed by atoms with E-state index < -0.39 is 24.3 Å². The van der Waals surface area contributed by atoms with E-state index in [4.69, 9.17) is 0 Å². The second-order valence-corrected chi connectivity index (χ2v) is 6.23. The molecule has 28 heavy (non-hydrogen) atoms. The SMILES string of the molecule is O[C@@]1(C(F)(F)F)CC(c2ccccc2)=NN1c1ncc(-c2ccccc2)nn1. The molecule has 142 valence electrons. The zero-order valence-electron chi connectivity index (χ0n) is 14.4. The number of hydrogen-bond donors (Lipinski definition) is 1. The fraction of sp³-hybridized carbons (Fsp3) is 0.158. The van der Waals surface area contributed by atoms with Crippen LogP contribution in [0.3, 0.4) is 0 Å². The van der Waals surface area contributed by atoms with Crippen molar-refractivity contribution < 1.29 is 18.3 Å². The van der Waals surface area contributed by atoms with Crippen molar-refractivity contribution in [2.75, 3.05) is 5.01 Å². The van der Waals surface area contributed by atoms with Crippen LogP contribution in [0.1, 0.15) is 12.0 Å². The van der Waals surface area contributed by atoms with Gasteiger partial charge in [-0.1, -0.05) is 60.7 Å². The minimum atomic E-state index is -4.98. The Hall–Kier alpha value is -3.33. The smallest absolute Gasteiger partial charge is 0.362 e. The van der Waals surface area contributed by atoms with Crippen LogP contribution in [-0.2, 0) is 0 Å². The summed E-state index contributed by atoms with van der Waals surface area (Å²) in [5.74, 6) is -0.439. The minimum absolute atomic E-state index is 0.0798. The quantitative estimate of drug-likeness (QED) is 0.748. The Morgan fingerprint density at radius 1 is 0.893 bits per heavy atom. The maximum absolute atomic E-state index is 13.7. The molecule has 4 rings (SSSR count). The molecule has 2 heterocycles. The van der Waals surface area contributed by atoms with Crippen LogP contribution in [0.2, 0.25) is 0 Å². The summed E-state index contributed by atoms with van der Waals surface area (Å²) in [4.78, 5) is 3.96. The van der Waals surface area contributed by atoms with Crippen LogP contribution in [0.15, 0.2) is 72.0 Å². The highest BCUT2D eigenvalue weighted by molar-refractivity contribution is 6.03. The Morgan fingerprint density at radius 2 is 1.50 bits per heavy atom. The molecule has 1 aliphatic rings. The summed E-state index contributed by atoms with van der Waals surface area (Å²) in [6.45, 7) is 0. The number of halogens is 3. The van der Waals surface area contributed by atoms with Crippen molar-refractivity contribution in [2.24, 2.45) is 5.10 Å². The van der Waals surface area contributed by atoms with Gasteiger partial charge in [0.1, 0.15) is 5.69 Å². The number of benzene rings is 2. The van der Waals surface area contributed by atoms with Crippen LogP contribution >= 0.6 is 0 Å². The van der Waals surface area contributed by atoms with Gasteiger partial charge in [-0.05, 0) is 5.56 Å². The lowest BCUT2D eigenvalue weighted by molar-refractivity contribution is -0.254. The summed E-state index contributed by atoms with van der Waals surface area (Å²) < 4.78 is 41.0. The summed E-state index contributed by atoms with van der Waals surface area (Å²) in [5.41, 5.74) is -1.59. The standard InChI is InChI=1S/C19H14F3N5O/c20-19(21,22)18(28)11-15(13-7-3-1-4-8-13)26-27(18)17-23-12-16(24-25-17)14-9-5-2-6-10-14/h1-10,12,28H,11H2/t18-/m1/s1. The third-order valence-electron chi connectivity index (χ3n) is 4.35. The number of aliphatic hydroxyl groups is 1. The van der Waals surface area contributed by atoms with Crippen LogP contribution in [0.25, 0.3) is 11.3 Å². The minimum Gasteiger partial charge on any atom is -0.362 e. The van der Waals surface area contributed by atoms with E-state index in [1.165, 1.54) is 6.20 Å². The first-order valence-electron chi connectivity index (χ1n) is 8.36. The summed E-state index contributed by atoms with van der Waals surface area (Å²) in [5, 5.41) is 22.5. The van der Waals surface area contributed by atoms with E-state index in [-0.39, 0.29) is 5.71 Å². The summed E-state index contributed by atoms with van der Waals surface area (Å²) >= 11 is 0. The van der Waals surface area contributed by atoms with E-state index in [9.17, 15) is 18.3 Å². The van der Waals surface area contributed by atoms with Gasteiger partial charge in [-0.25, -0.2) is 4.98 Å². The van der Waals surface area contributed by atoms with Gasteiger partial charge in [0, 0.05) is 5.56 Å². The van der Waals surface area contributed by atoms with Crippen LogP contribution in [0.5, 0.6) is 0 Å². The van der Waals surface area contributed by atoms with Crippen molar-refractivity contribution in [1.29, 1.82) is 0 Å². The van der Waals surface area contributed by atoms with Crippen molar-refractivity contribution >= 4 is 11.7 Å². The molecular formula is C19H14F3N5O. The summed E-state index contributed by atoms with van der Waals surface area (Å²) in [7, 11) is 0. The van der Waals surface area contributed by atoms with Gasteiger partial charge < -0.3 is 5.11 Å². The van der Waals surface area contributed by atoms with Crippen molar-refractivity contribution in [3.63, 3.8) is 0 Å². The van der Waals surface area contributed by atoms with E-state index in [0.29, 0.717) is 16.3 Å². The van der Waals surface area contributed by atoms with E-state index in [2.05, 4.69) is 20.3 Å². The van der Waals surface area contributed by atoms with Gasteiger partial charge in [-0.15, -0.1) is 10.2 Å². The lowest BCUT2D eigenvalue weighted by Gasteiger charge is -2.32. The lowest BCUT2D eigenvalue weighted by atomic mass is 10.0. The molecule has 1 atom stereocenters. The zero-order valence-corrected chi connectivity index (χ0v) is 14.4. The number of aromatic nitrogens is 3. The highest BCUT2D eigenvalue weighted by Crippen LogP contribution is 2.42. The first kappa shape index (κ1) is 18.1. The number of anilines is 1. The molecule has 0 fully saturated rings. The molecule has 9 heteroatoms. The Balaban J connectivity index is 1.73. The molecule has 1 aromatic heterocycles. The van der Waals surface area contributed by atoms with Crippen molar-refractivity contribution in [3.05, 3.63) is 72.4 Å². The first-order chi connectivity index (χ1) is 13.4. The van der Waals surface area contributed by atoms with E-state index in [1.54, 1.807) is 54.6 Å². The molecule has 6 nitrogen and oxygen atoms in total. The number of rotatable bonds is 3. The Morgan fingerprint density at radius 3 is 2.04 bits per heavy atom. The number of nitrogens with zero attached hydrogens (tertiary/aromatic N) is 5. The summed E-state index contributed by atoms with van der Waals surface area (Å²) in [6, 6.07) is 17.3. The Bertz CT molecular complexity index is 994. The number of alkyl halides is 3. The monoisotopic (exact) mass is 385 g/mol.